The third-order valence-corrected chi connectivity index (χ3v) is 4.51. The maximum absolute atomic E-state index is 12.2. The van der Waals surface area contributed by atoms with Gasteiger partial charge >= 0.3 is 6.03 Å². The van der Waals surface area contributed by atoms with E-state index in [0.29, 0.717) is 0 Å². The topological polar surface area (TPSA) is 64.7 Å². The molecule has 1 saturated carbocycles. The first-order valence-corrected chi connectivity index (χ1v) is 8.29. The van der Waals surface area contributed by atoms with E-state index < -0.39 is 0 Å². The number of urea groups is 1. The molecule has 3 amide bonds. The molecule has 23 heavy (non-hydrogen) atoms. The van der Waals surface area contributed by atoms with Gasteiger partial charge in [-0.2, -0.15) is 0 Å². The second kappa shape index (κ2) is 7.00. The van der Waals surface area contributed by atoms with Crippen LogP contribution in [0.3, 0.4) is 0 Å². The van der Waals surface area contributed by atoms with E-state index >= 15 is 0 Å². The summed E-state index contributed by atoms with van der Waals surface area (Å²) in [5.74, 6) is -0.226. The van der Waals surface area contributed by atoms with E-state index in [1.165, 1.54) is 5.69 Å². The lowest BCUT2D eigenvalue weighted by Gasteiger charge is -2.38. The fourth-order valence-electron chi connectivity index (χ4n) is 2.84. The summed E-state index contributed by atoms with van der Waals surface area (Å²) >= 11 is 0. The molecule has 0 spiro atoms. The smallest absolute Gasteiger partial charge is 0.321 e. The summed E-state index contributed by atoms with van der Waals surface area (Å²) in [6.07, 6.45) is 2.03. The number of nitrogens with one attached hydrogen (secondary N) is 2. The van der Waals surface area contributed by atoms with E-state index in [-0.39, 0.29) is 24.0 Å². The van der Waals surface area contributed by atoms with E-state index in [4.69, 9.17) is 0 Å². The Morgan fingerprint density at radius 3 is 2.35 bits per heavy atom. The van der Waals surface area contributed by atoms with Gasteiger partial charge in [0, 0.05) is 37.9 Å². The molecule has 6 nitrogen and oxygen atoms in total. The lowest BCUT2D eigenvalue weighted by Crippen LogP contribution is -2.55. The lowest BCUT2D eigenvalue weighted by molar-refractivity contribution is -0.124. The minimum absolute atomic E-state index is 0.226. The Morgan fingerprint density at radius 1 is 1.09 bits per heavy atom. The van der Waals surface area contributed by atoms with Crippen LogP contribution >= 0.6 is 0 Å². The van der Waals surface area contributed by atoms with Gasteiger partial charge in [-0.15, -0.1) is 0 Å². The van der Waals surface area contributed by atoms with Gasteiger partial charge in [0.2, 0.25) is 5.91 Å². The van der Waals surface area contributed by atoms with E-state index in [1.54, 1.807) is 0 Å². The number of para-hydroxylation sites is 1. The predicted molar refractivity (Wildman–Crippen MR) is 89.4 cm³/mol. The normalized spacial score (nSPS) is 20.0. The number of imide groups is 1. The Labute approximate surface area is 136 Å². The maximum atomic E-state index is 12.2. The molecule has 1 aromatic rings. The van der Waals surface area contributed by atoms with Crippen molar-refractivity contribution in [1.29, 1.82) is 0 Å². The fourth-order valence-corrected chi connectivity index (χ4v) is 2.84. The zero-order chi connectivity index (χ0) is 16.2. The van der Waals surface area contributed by atoms with Gasteiger partial charge in [-0.25, -0.2) is 4.79 Å². The predicted octanol–water partition coefficient (Wildman–Crippen LogP) is 1.19. The minimum Gasteiger partial charge on any atom is -0.369 e. The van der Waals surface area contributed by atoms with Gasteiger partial charge in [0.25, 0.3) is 0 Å². The molecule has 124 valence electrons. The summed E-state index contributed by atoms with van der Waals surface area (Å²) in [4.78, 5) is 28.3. The summed E-state index contributed by atoms with van der Waals surface area (Å²) < 4.78 is 0. The Morgan fingerprint density at radius 2 is 1.74 bits per heavy atom. The Hall–Kier alpha value is -2.08. The van der Waals surface area contributed by atoms with Crippen molar-refractivity contribution in [2.24, 2.45) is 0 Å². The van der Waals surface area contributed by atoms with Gasteiger partial charge in [0.1, 0.15) is 0 Å². The highest BCUT2D eigenvalue weighted by atomic mass is 16.2. The molecule has 1 atom stereocenters. The summed E-state index contributed by atoms with van der Waals surface area (Å²) in [5, 5.41) is 5.22. The van der Waals surface area contributed by atoms with E-state index in [9.17, 15) is 9.59 Å². The van der Waals surface area contributed by atoms with Crippen LogP contribution in [-0.4, -0.2) is 55.1 Å². The monoisotopic (exact) mass is 316 g/mol. The highest BCUT2D eigenvalue weighted by Gasteiger charge is 2.28. The van der Waals surface area contributed by atoms with Crippen molar-refractivity contribution in [1.82, 2.24) is 15.5 Å². The zero-order valence-corrected chi connectivity index (χ0v) is 13.5. The maximum Gasteiger partial charge on any atom is 0.321 e. The quantitative estimate of drug-likeness (QED) is 0.876. The van der Waals surface area contributed by atoms with Crippen LogP contribution in [0.25, 0.3) is 0 Å². The molecule has 1 aromatic carbocycles. The molecule has 2 aliphatic rings. The summed E-state index contributed by atoms with van der Waals surface area (Å²) in [6.45, 7) is 5.26. The Balaban J connectivity index is 1.46. The van der Waals surface area contributed by atoms with Crippen molar-refractivity contribution in [3.63, 3.8) is 0 Å². The first kappa shape index (κ1) is 15.8. The number of amides is 3. The van der Waals surface area contributed by atoms with Gasteiger partial charge in [0.15, 0.2) is 0 Å². The molecule has 6 heteroatoms. The van der Waals surface area contributed by atoms with Crippen molar-refractivity contribution in [3.8, 4) is 0 Å². The number of piperazine rings is 1. The summed E-state index contributed by atoms with van der Waals surface area (Å²) in [6, 6.07) is 9.89. The first-order valence-electron chi connectivity index (χ1n) is 8.29. The molecule has 0 unspecified atom stereocenters. The molecule has 1 saturated heterocycles. The van der Waals surface area contributed by atoms with Crippen molar-refractivity contribution < 1.29 is 9.59 Å². The van der Waals surface area contributed by atoms with Crippen LogP contribution in [0, 0.1) is 0 Å². The van der Waals surface area contributed by atoms with Crippen molar-refractivity contribution >= 4 is 17.6 Å². The SMILES string of the molecule is C[C@H](C(=O)NC(=O)NC1CC1)N1CCN(c2ccccc2)CC1. The van der Waals surface area contributed by atoms with E-state index in [2.05, 4.69) is 32.6 Å². The van der Waals surface area contributed by atoms with Crippen molar-refractivity contribution in [2.45, 2.75) is 31.8 Å². The summed E-state index contributed by atoms with van der Waals surface area (Å²) in [7, 11) is 0. The van der Waals surface area contributed by atoms with Crippen LogP contribution in [0.2, 0.25) is 0 Å². The number of benzene rings is 1. The third-order valence-electron chi connectivity index (χ3n) is 4.51. The Kier molecular flexibility index (Phi) is 4.81. The lowest BCUT2D eigenvalue weighted by atomic mass is 10.2. The van der Waals surface area contributed by atoms with Gasteiger partial charge in [-0.05, 0) is 31.9 Å². The number of rotatable bonds is 4. The molecular formula is C17H24N4O2. The second-order valence-electron chi connectivity index (χ2n) is 6.27. The van der Waals surface area contributed by atoms with Crippen LogP contribution in [0.15, 0.2) is 30.3 Å². The second-order valence-corrected chi connectivity index (χ2v) is 6.27. The van der Waals surface area contributed by atoms with Gasteiger partial charge in [-0.1, -0.05) is 18.2 Å². The molecular weight excluding hydrogens is 292 g/mol. The molecule has 1 heterocycles. The van der Waals surface area contributed by atoms with Gasteiger partial charge in [-0.3, -0.25) is 15.0 Å². The number of carbonyl (C=O) groups is 2. The number of hydrogen-bond donors (Lipinski definition) is 2. The molecule has 3 rings (SSSR count). The van der Waals surface area contributed by atoms with Crippen LogP contribution in [0.4, 0.5) is 10.5 Å². The molecule has 0 radical (unpaired) electrons. The number of anilines is 1. The summed E-state index contributed by atoms with van der Waals surface area (Å²) in [5.41, 5.74) is 1.22. The highest BCUT2D eigenvalue weighted by Crippen LogP contribution is 2.18. The molecule has 2 fully saturated rings. The third kappa shape index (κ3) is 4.22. The van der Waals surface area contributed by atoms with Crippen LogP contribution in [0.5, 0.6) is 0 Å². The van der Waals surface area contributed by atoms with Gasteiger partial charge < -0.3 is 10.2 Å². The Bertz CT molecular complexity index is 551. The first-order chi connectivity index (χ1) is 11.1. The highest BCUT2D eigenvalue weighted by molar-refractivity contribution is 5.97. The van der Waals surface area contributed by atoms with E-state index in [1.807, 2.05) is 25.1 Å². The molecule has 1 aliphatic carbocycles. The number of carbonyl (C=O) groups excluding carboxylic acids is 2. The largest absolute Gasteiger partial charge is 0.369 e. The van der Waals surface area contributed by atoms with Crippen molar-refractivity contribution in [2.75, 3.05) is 31.1 Å². The average molecular weight is 316 g/mol. The minimum atomic E-state index is -0.368. The van der Waals surface area contributed by atoms with Crippen LogP contribution in [0.1, 0.15) is 19.8 Å². The zero-order valence-electron chi connectivity index (χ0n) is 13.5. The van der Waals surface area contributed by atoms with E-state index in [0.717, 1.165) is 39.0 Å². The van der Waals surface area contributed by atoms with Crippen molar-refractivity contribution in [3.05, 3.63) is 30.3 Å². The standard InChI is InChI=1S/C17H24N4O2/c1-13(16(22)19-17(23)18-14-7-8-14)20-9-11-21(12-10-20)15-5-3-2-4-6-15/h2-6,13-14H,7-12H2,1H3,(H2,18,19,22,23)/t13-/m1/s1. The average Bonchev–Trinajstić information content (AvgIpc) is 3.39. The fraction of sp³-hybridized carbons (Fsp3) is 0.529. The molecule has 0 bridgehead atoms. The number of nitrogens with zero attached hydrogens (tertiary/aromatic N) is 2. The molecule has 1 aliphatic heterocycles. The van der Waals surface area contributed by atoms with Crippen LogP contribution in [-0.2, 0) is 4.79 Å². The number of hydrogen-bond acceptors (Lipinski definition) is 4. The van der Waals surface area contributed by atoms with Crippen LogP contribution < -0.4 is 15.5 Å². The molecule has 0 aromatic heterocycles. The molecule has 2 N–H and O–H groups in total. The van der Waals surface area contributed by atoms with Gasteiger partial charge in [0.05, 0.1) is 6.04 Å².